The molecule has 28 heavy (non-hydrogen) atoms. The van der Waals surface area contributed by atoms with Crippen LogP contribution in [0.3, 0.4) is 0 Å². The number of H-pyrrole nitrogens is 1. The average Bonchev–Trinajstić information content (AvgIpc) is 3.31. The van der Waals surface area contributed by atoms with Crippen LogP contribution in [0.5, 0.6) is 0 Å². The predicted octanol–water partition coefficient (Wildman–Crippen LogP) is 5.77. The maximum atomic E-state index is 7.72. The summed E-state index contributed by atoms with van der Waals surface area (Å²) < 4.78 is 2.02. The molecule has 0 unspecified atom stereocenters. The number of nitrogens with zero attached hydrogens (tertiary/aromatic N) is 1. The lowest BCUT2D eigenvalue weighted by atomic mass is 10.1. The van der Waals surface area contributed by atoms with E-state index in [0.29, 0.717) is 5.71 Å². The van der Waals surface area contributed by atoms with Gasteiger partial charge in [-0.05, 0) is 85.7 Å². The highest BCUT2D eigenvalue weighted by Gasteiger charge is 2.09. The van der Waals surface area contributed by atoms with Crippen molar-refractivity contribution in [3.05, 3.63) is 83.7 Å². The van der Waals surface area contributed by atoms with E-state index < -0.39 is 0 Å². The molecule has 0 bridgehead atoms. The summed E-state index contributed by atoms with van der Waals surface area (Å²) in [7, 11) is 0. The molecule has 3 heteroatoms. The van der Waals surface area contributed by atoms with Gasteiger partial charge < -0.3 is 10.4 Å². The number of aromatic amines is 1. The Balaban J connectivity index is 1.76. The lowest BCUT2D eigenvalue weighted by molar-refractivity contribution is 1.02. The Morgan fingerprint density at radius 3 is 2.82 bits per heavy atom. The van der Waals surface area contributed by atoms with Gasteiger partial charge in [-0.2, -0.15) is 0 Å². The number of rotatable bonds is 4. The van der Waals surface area contributed by atoms with Crippen molar-refractivity contribution in [2.45, 2.75) is 26.7 Å². The van der Waals surface area contributed by atoms with Crippen LogP contribution in [0.1, 0.15) is 30.0 Å². The van der Waals surface area contributed by atoms with E-state index in [1.165, 1.54) is 16.5 Å². The van der Waals surface area contributed by atoms with Gasteiger partial charge in [0.05, 0.1) is 5.69 Å². The molecule has 4 aromatic rings. The number of aryl methyl sites for hydroxylation is 2. The highest BCUT2D eigenvalue weighted by Crippen LogP contribution is 2.26. The monoisotopic (exact) mass is 365 g/mol. The first-order valence-electron chi connectivity index (χ1n) is 9.50. The van der Waals surface area contributed by atoms with Crippen molar-refractivity contribution in [2.75, 3.05) is 0 Å². The smallest absolute Gasteiger partial charge is 0.0614 e. The van der Waals surface area contributed by atoms with E-state index in [1.807, 2.05) is 29.8 Å². The van der Waals surface area contributed by atoms with E-state index >= 15 is 0 Å². The number of aromatic nitrogens is 2. The van der Waals surface area contributed by atoms with Crippen LogP contribution in [0.2, 0.25) is 0 Å². The van der Waals surface area contributed by atoms with Crippen molar-refractivity contribution in [3.8, 4) is 23.2 Å². The Kier molecular flexibility index (Phi) is 4.87. The van der Waals surface area contributed by atoms with Crippen molar-refractivity contribution in [2.24, 2.45) is 0 Å². The second kappa shape index (κ2) is 7.62. The zero-order valence-corrected chi connectivity index (χ0v) is 16.2. The fourth-order valence-corrected chi connectivity index (χ4v) is 3.36. The van der Waals surface area contributed by atoms with Gasteiger partial charge in [-0.25, -0.2) is 0 Å². The van der Waals surface area contributed by atoms with Crippen LogP contribution >= 0.6 is 0 Å². The fourth-order valence-electron chi connectivity index (χ4n) is 3.36. The molecule has 2 heterocycles. The fraction of sp³-hybridized carbons (Fsp3) is 0.160. The van der Waals surface area contributed by atoms with Gasteiger partial charge in [0.25, 0.3) is 0 Å². The van der Waals surface area contributed by atoms with Gasteiger partial charge >= 0.3 is 0 Å². The first-order chi connectivity index (χ1) is 13.6. The summed E-state index contributed by atoms with van der Waals surface area (Å²) in [5.74, 6) is 3.29. The minimum absolute atomic E-state index is 0.703. The molecule has 2 aromatic carbocycles. The Hall–Kier alpha value is -3.51. The van der Waals surface area contributed by atoms with Gasteiger partial charge in [0.15, 0.2) is 0 Å². The number of nitrogens with one attached hydrogen (secondary N) is 2. The first kappa shape index (κ1) is 17.9. The summed E-state index contributed by atoms with van der Waals surface area (Å²) in [6.07, 6.45) is 5.69. The lowest BCUT2D eigenvalue weighted by Crippen LogP contribution is -1.92. The van der Waals surface area contributed by atoms with Gasteiger partial charge in [-0.3, -0.25) is 4.57 Å². The van der Waals surface area contributed by atoms with Crippen LogP contribution in [0.15, 0.2) is 67.0 Å². The normalized spacial score (nSPS) is 10.6. The second-order valence-electron chi connectivity index (χ2n) is 7.27. The molecular formula is C25H23N3. The average molecular weight is 365 g/mol. The SMILES string of the molecule is CC(=N)CCc1cc(-c2ccc3[nH]ccc3c2)n(C#Cc2cccc(C)c2)c1. The molecule has 2 N–H and O–H groups in total. The third kappa shape index (κ3) is 3.92. The standard InChI is InChI=1S/C25H23N3/c1-18-4-3-5-20(14-18)11-13-28-17-21(7-6-19(2)26)15-25(28)23-8-9-24-22(16-23)10-12-27-24/h3-5,8-10,12,14-17,26-27H,6-7H2,1-2H3. The molecule has 0 aliphatic rings. The molecule has 2 aromatic heterocycles. The largest absolute Gasteiger partial charge is 0.361 e. The maximum absolute atomic E-state index is 7.72. The van der Waals surface area contributed by atoms with Gasteiger partial charge in [0.2, 0.25) is 0 Å². The molecule has 0 radical (unpaired) electrons. The second-order valence-corrected chi connectivity index (χ2v) is 7.27. The molecule has 0 aliphatic carbocycles. The zero-order valence-electron chi connectivity index (χ0n) is 16.2. The predicted molar refractivity (Wildman–Crippen MR) is 117 cm³/mol. The molecule has 3 nitrogen and oxygen atoms in total. The molecule has 0 saturated carbocycles. The summed E-state index contributed by atoms with van der Waals surface area (Å²) in [5, 5.41) is 8.90. The molecule has 4 rings (SSSR count). The van der Waals surface area contributed by atoms with Gasteiger partial charge in [-0.15, -0.1) is 0 Å². The van der Waals surface area contributed by atoms with E-state index in [9.17, 15) is 0 Å². The van der Waals surface area contributed by atoms with Crippen molar-refractivity contribution in [1.82, 2.24) is 9.55 Å². The number of hydrogen-bond acceptors (Lipinski definition) is 1. The molecular weight excluding hydrogens is 342 g/mol. The highest BCUT2D eigenvalue weighted by atomic mass is 14.9. The summed E-state index contributed by atoms with van der Waals surface area (Å²) in [6.45, 7) is 3.94. The summed E-state index contributed by atoms with van der Waals surface area (Å²) in [6, 6.07) is 22.3. The minimum Gasteiger partial charge on any atom is -0.361 e. The Morgan fingerprint density at radius 2 is 2.00 bits per heavy atom. The third-order valence-corrected chi connectivity index (χ3v) is 4.85. The van der Waals surface area contributed by atoms with Gasteiger partial charge in [0.1, 0.15) is 0 Å². The van der Waals surface area contributed by atoms with E-state index in [1.54, 1.807) is 0 Å². The van der Waals surface area contributed by atoms with Crippen LogP contribution in [0.25, 0.3) is 22.2 Å². The summed E-state index contributed by atoms with van der Waals surface area (Å²) >= 11 is 0. The quantitative estimate of drug-likeness (QED) is 0.340. The zero-order chi connectivity index (χ0) is 19.5. The van der Waals surface area contributed by atoms with Crippen LogP contribution in [0, 0.1) is 24.3 Å². The van der Waals surface area contributed by atoms with Crippen LogP contribution in [-0.2, 0) is 6.42 Å². The molecule has 138 valence electrons. The van der Waals surface area contributed by atoms with Crippen molar-refractivity contribution >= 4 is 16.6 Å². The van der Waals surface area contributed by atoms with Gasteiger partial charge in [-0.1, -0.05) is 18.2 Å². The number of hydrogen-bond donors (Lipinski definition) is 2. The number of benzene rings is 2. The molecule has 0 spiro atoms. The summed E-state index contributed by atoms with van der Waals surface area (Å²) in [4.78, 5) is 3.24. The molecule has 0 atom stereocenters. The van der Waals surface area contributed by atoms with Crippen molar-refractivity contribution < 1.29 is 0 Å². The molecule has 0 amide bonds. The van der Waals surface area contributed by atoms with Crippen LogP contribution in [0.4, 0.5) is 0 Å². The summed E-state index contributed by atoms with van der Waals surface area (Å²) in [5.41, 5.74) is 7.48. The first-order valence-corrected chi connectivity index (χ1v) is 9.50. The van der Waals surface area contributed by atoms with E-state index in [4.69, 9.17) is 5.41 Å². The molecule has 0 fully saturated rings. The van der Waals surface area contributed by atoms with Gasteiger partial charge in [0, 0.05) is 40.6 Å². The lowest BCUT2D eigenvalue weighted by Gasteiger charge is -2.03. The third-order valence-electron chi connectivity index (χ3n) is 4.85. The molecule has 0 saturated heterocycles. The Labute approximate surface area is 165 Å². The minimum atomic E-state index is 0.703. The van der Waals surface area contributed by atoms with Crippen molar-refractivity contribution in [3.63, 3.8) is 0 Å². The topological polar surface area (TPSA) is 44.6 Å². The van der Waals surface area contributed by atoms with E-state index in [-0.39, 0.29) is 0 Å². The van der Waals surface area contributed by atoms with Crippen molar-refractivity contribution in [1.29, 1.82) is 5.41 Å². The molecule has 0 aliphatic heterocycles. The van der Waals surface area contributed by atoms with E-state index in [2.05, 4.69) is 72.5 Å². The van der Waals surface area contributed by atoms with Crippen LogP contribution < -0.4 is 0 Å². The number of fused-ring (bicyclic) bond motifs is 1. The Morgan fingerprint density at radius 1 is 1.11 bits per heavy atom. The highest BCUT2D eigenvalue weighted by molar-refractivity contribution is 5.85. The maximum Gasteiger partial charge on any atom is 0.0614 e. The van der Waals surface area contributed by atoms with E-state index in [0.717, 1.165) is 35.2 Å². The van der Waals surface area contributed by atoms with Crippen LogP contribution in [-0.4, -0.2) is 15.3 Å². The Bertz CT molecular complexity index is 1210.